The largest absolute Gasteiger partial charge is 0.366 e. The second-order valence-corrected chi connectivity index (χ2v) is 7.09. The van der Waals surface area contributed by atoms with Crippen LogP contribution in [0, 0.1) is 5.41 Å². The molecule has 0 aliphatic carbocycles. The van der Waals surface area contributed by atoms with E-state index in [1.165, 1.54) is 5.06 Å². The van der Waals surface area contributed by atoms with E-state index in [2.05, 4.69) is 0 Å². The number of carbonyl (C=O) groups is 2. The smallest absolute Gasteiger partial charge is 0.344 e. The molecule has 2 bridgehead atoms. The zero-order chi connectivity index (χ0) is 19.7. The fraction of sp³-hybridized carbons (Fsp3) is 0.286. The number of piperidine rings is 1. The molecule has 28 heavy (non-hydrogen) atoms. The average Bonchev–Trinajstić information content (AvgIpc) is 2.96. The molecule has 4 rings (SSSR count). The molecule has 3 N–H and O–H groups in total. The molecule has 2 atom stereocenters. The molecule has 144 valence electrons. The van der Waals surface area contributed by atoms with E-state index in [1.54, 1.807) is 29.2 Å². The molecule has 2 aliphatic rings. The lowest BCUT2D eigenvalue weighted by Crippen LogP contribution is -2.45. The molecule has 2 aromatic carbocycles. The van der Waals surface area contributed by atoms with Crippen LogP contribution in [0.3, 0.4) is 0 Å². The number of carbonyl (C=O) groups excluding carboxylic acids is 2. The Morgan fingerprint density at radius 1 is 1.07 bits per heavy atom. The molecule has 2 fully saturated rings. The van der Waals surface area contributed by atoms with E-state index in [4.69, 9.17) is 16.0 Å². The van der Waals surface area contributed by atoms with Crippen LogP contribution in [0.2, 0.25) is 0 Å². The summed E-state index contributed by atoms with van der Waals surface area (Å²) in [6.45, 7) is 0.836. The fourth-order valence-electron chi connectivity index (χ4n) is 3.93. The summed E-state index contributed by atoms with van der Waals surface area (Å²) in [6.07, 6.45) is 1.39. The second-order valence-electron chi connectivity index (χ2n) is 7.09. The van der Waals surface area contributed by atoms with Gasteiger partial charge in [-0.1, -0.05) is 48.5 Å². The molecular formula is C21H22N4O3. The molecule has 2 heterocycles. The first-order chi connectivity index (χ1) is 13.6. The molecule has 2 aliphatic heterocycles. The standard InChI is InChI=1S/C21H22N4O3/c22-19(16-8-4-5-9-17(16)20(23)26)18-11-10-15-12-24(18)21(27)25(15)28-13-14-6-2-1-3-7-14/h1-9,15,18,22H,10-13H2,(H2,23,26)/t15-,18+/m1/s1. The zero-order valence-electron chi connectivity index (χ0n) is 15.4. The summed E-state index contributed by atoms with van der Waals surface area (Å²) in [6, 6.07) is 15.8. The number of primary amides is 1. The lowest BCUT2D eigenvalue weighted by molar-refractivity contribution is -0.140. The minimum Gasteiger partial charge on any atom is -0.366 e. The van der Waals surface area contributed by atoms with E-state index < -0.39 is 11.9 Å². The van der Waals surface area contributed by atoms with Crippen molar-refractivity contribution in [1.82, 2.24) is 9.96 Å². The lowest BCUT2D eigenvalue weighted by atomic mass is 9.91. The van der Waals surface area contributed by atoms with Crippen LogP contribution in [0.5, 0.6) is 0 Å². The summed E-state index contributed by atoms with van der Waals surface area (Å²) in [7, 11) is 0. The van der Waals surface area contributed by atoms with Gasteiger partial charge in [-0.2, -0.15) is 5.06 Å². The Morgan fingerprint density at radius 2 is 1.75 bits per heavy atom. The van der Waals surface area contributed by atoms with Crippen molar-refractivity contribution in [1.29, 1.82) is 5.41 Å². The lowest BCUT2D eigenvalue weighted by Gasteiger charge is -2.31. The Balaban J connectivity index is 1.50. The van der Waals surface area contributed by atoms with Crippen molar-refractivity contribution in [2.45, 2.75) is 31.5 Å². The van der Waals surface area contributed by atoms with E-state index in [9.17, 15) is 9.59 Å². The predicted octanol–water partition coefficient (Wildman–Crippen LogP) is 2.55. The molecule has 7 heteroatoms. The van der Waals surface area contributed by atoms with Crippen LogP contribution in [0.25, 0.3) is 0 Å². The summed E-state index contributed by atoms with van der Waals surface area (Å²) in [4.78, 5) is 32.1. The van der Waals surface area contributed by atoms with Crippen LogP contribution in [-0.4, -0.2) is 46.2 Å². The van der Waals surface area contributed by atoms with Gasteiger partial charge in [0.2, 0.25) is 5.91 Å². The minimum atomic E-state index is -0.574. The Kier molecular flexibility index (Phi) is 4.83. The van der Waals surface area contributed by atoms with Gasteiger partial charge in [-0.25, -0.2) is 4.79 Å². The normalized spacial score (nSPS) is 21.1. The average molecular weight is 378 g/mol. The summed E-state index contributed by atoms with van der Waals surface area (Å²) in [5.41, 5.74) is 7.48. The maximum atomic E-state index is 12.9. The molecule has 0 aromatic heterocycles. The SMILES string of the molecule is N=C(c1ccccc1C(N)=O)[C@@H]1CC[C@@H]2CN1C(=O)N2OCc1ccccc1. The van der Waals surface area contributed by atoms with Gasteiger partial charge in [0.15, 0.2) is 0 Å². The van der Waals surface area contributed by atoms with Crippen molar-refractivity contribution in [3.63, 3.8) is 0 Å². The number of hydrogen-bond acceptors (Lipinski definition) is 4. The number of nitrogens with two attached hydrogens (primary N) is 1. The van der Waals surface area contributed by atoms with Crippen molar-refractivity contribution in [3.8, 4) is 0 Å². The predicted molar refractivity (Wildman–Crippen MR) is 104 cm³/mol. The van der Waals surface area contributed by atoms with Crippen molar-refractivity contribution in [3.05, 3.63) is 71.3 Å². The van der Waals surface area contributed by atoms with Gasteiger partial charge < -0.3 is 16.0 Å². The molecule has 0 saturated carbocycles. The molecule has 7 nitrogen and oxygen atoms in total. The number of hydrogen-bond donors (Lipinski definition) is 2. The van der Waals surface area contributed by atoms with Gasteiger partial charge in [-0.3, -0.25) is 9.63 Å². The third-order valence-electron chi connectivity index (χ3n) is 5.35. The van der Waals surface area contributed by atoms with E-state index in [1.807, 2.05) is 30.3 Å². The van der Waals surface area contributed by atoms with Gasteiger partial charge in [0.1, 0.15) is 6.61 Å². The number of rotatable bonds is 6. The van der Waals surface area contributed by atoms with E-state index in [0.717, 1.165) is 12.0 Å². The highest BCUT2D eigenvalue weighted by atomic mass is 16.7. The van der Waals surface area contributed by atoms with Crippen LogP contribution in [0.1, 0.15) is 34.3 Å². The van der Waals surface area contributed by atoms with E-state index in [0.29, 0.717) is 30.7 Å². The van der Waals surface area contributed by atoms with E-state index >= 15 is 0 Å². The highest BCUT2D eigenvalue weighted by Gasteiger charge is 2.47. The number of benzene rings is 2. The number of nitrogens with one attached hydrogen (secondary N) is 1. The van der Waals surface area contributed by atoms with Gasteiger partial charge in [0, 0.05) is 17.7 Å². The minimum absolute atomic E-state index is 0.0216. The number of nitrogens with zero attached hydrogens (tertiary/aromatic N) is 2. The van der Waals surface area contributed by atoms with Crippen molar-refractivity contribution in [2.75, 3.05) is 6.54 Å². The van der Waals surface area contributed by atoms with Crippen LogP contribution in [0.4, 0.5) is 4.79 Å². The number of hydroxylamine groups is 2. The highest BCUT2D eigenvalue weighted by Crippen LogP contribution is 2.32. The highest BCUT2D eigenvalue weighted by molar-refractivity contribution is 6.11. The zero-order valence-corrected chi connectivity index (χ0v) is 15.4. The molecule has 0 spiro atoms. The Hall–Kier alpha value is -3.19. The first kappa shape index (κ1) is 18.2. The third kappa shape index (κ3) is 3.25. The number of fused-ring (bicyclic) bond motifs is 2. The summed E-state index contributed by atoms with van der Waals surface area (Å²) < 4.78 is 0. The maximum Gasteiger partial charge on any atom is 0.344 e. The fourth-order valence-corrected chi connectivity index (χ4v) is 3.93. The molecule has 2 aromatic rings. The van der Waals surface area contributed by atoms with Gasteiger partial charge in [0.05, 0.1) is 17.8 Å². The van der Waals surface area contributed by atoms with Gasteiger partial charge in [0.25, 0.3) is 0 Å². The van der Waals surface area contributed by atoms with Crippen LogP contribution >= 0.6 is 0 Å². The second kappa shape index (κ2) is 7.44. The van der Waals surface area contributed by atoms with Crippen molar-refractivity contribution < 1.29 is 14.4 Å². The van der Waals surface area contributed by atoms with Gasteiger partial charge in [-0.15, -0.1) is 0 Å². The van der Waals surface area contributed by atoms with Crippen molar-refractivity contribution in [2.24, 2.45) is 5.73 Å². The number of amides is 3. The van der Waals surface area contributed by atoms with Crippen LogP contribution in [-0.2, 0) is 11.4 Å². The topological polar surface area (TPSA) is 99.7 Å². The monoisotopic (exact) mass is 378 g/mol. The Bertz CT molecular complexity index is 915. The van der Waals surface area contributed by atoms with Gasteiger partial charge >= 0.3 is 6.03 Å². The molecule has 0 radical (unpaired) electrons. The first-order valence-corrected chi connectivity index (χ1v) is 9.30. The van der Waals surface area contributed by atoms with Crippen LogP contribution in [0.15, 0.2) is 54.6 Å². The summed E-state index contributed by atoms with van der Waals surface area (Å²) in [5.74, 6) is -0.574. The van der Waals surface area contributed by atoms with E-state index in [-0.39, 0.29) is 17.8 Å². The Morgan fingerprint density at radius 3 is 2.46 bits per heavy atom. The summed E-state index contributed by atoms with van der Waals surface area (Å²) >= 11 is 0. The molecule has 0 unspecified atom stereocenters. The van der Waals surface area contributed by atoms with Crippen LogP contribution < -0.4 is 5.73 Å². The molecule has 3 amide bonds. The maximum absolute atomic E-state index is 12.9. The van der Waals surface area contributed by atoms with Crippen molar-refractivity contribution >= 4 is 17.6 Å². The van der Waals surface area contributed by atoms with Gasteiger partial charge in [-0.05, 0) is 24.5 Å². The molecule has 2 saturated heterocycles. The third-order valence-corrected chi connectivity index (χ3v) is 5.35. The Labute approximate surface area is 163 Å². The molecular weight excluding hydrogens is 356 g/mol. The first-order valence-electron chi connectivity index (χ1n) is 9.30. The quantitative estimate of drug-likeness (QED) is 0.756. The summed E-state index contributed by atoms with van der Waals surface area (Å²) in [5, 5.41) is 10.1. The number of urea groups is 1.